The van der Waals surface area contributed by atoms with Crippen LogP contribution in [0.15, 0.2) is 45.2 Å². The Morgan fingerprint density at radius 1 is 1.32 bits per heavy atom. The molecule has 118 valence electrons. The zero-order valence-corrected chi connectivity index (χ0v) is 15.1. The maximum atomic E-state index is 9.18. The van der Waals surface area contributed by atoms with Gasteiger partial charge in [-0.05, 0) is 39.2 Å². The highest BCUT2D eigenvalue weighted by atomic mass is 79.9. The van der Waals surface area contributed by atoms with Crippen LogP contribution in [-0.4, -0.2) is 30.1 Å². The molecule has 22 heavy (non-hydrogen) atoms. The molecule has 2 aromatic rings. The normalized spacial score (nSPS) is 11.5. The fraction of sp³-hybridized carbons (Fsp3) is 0.312. The second-order valence-corrected chi connectivity index (χ2v) is 7.49. The van der Waals surface area contributed by atoms with Crippen LogP contribution in [0.1, 0.15) is 16.0 Å². The van der Waals surface area contributed by atoms with Crippen LogP contribution in [0.3, 0.4) is 0 Å². The molecular weight excluding hydrogens is 362 g/mol. The summed E-state index contributed by atoms with van der Waals surface area (Å²) in [5.74, 6) is 0.846. The summed E-state index contributed by atoms with van der Waals surface area (Å²) < 4.78 is 1.14. The number of guanidine groups is 1. The summed E-state index contributed by atoms with van der Waals surface area (Å²) in [4.78, 5) is 7.69. The summed E-state index contributed by atoms with van der Waals surface area (Å²) >= 11 is 5.21. The van der Waals surface area contributed by atoms with E-state index in [1.807, 2.05) is 31.3 Å². The second kappa shape index (κ2) is 8.31. The monoisotopic (exact) mass is 381 g/mol. The van der Waals surface area contributed by atoms with Gasteiger partial charge in [-0.3, -0.25) is 4.99 Å². The standard InChI is InChI=1S/C16H20BrN3OS/c1-18-16(20(2)10-14-6-7-15(17)22-14)19-9-12-4-3-5-13(8-12)11-21/h3-8,21H,9-11H2,1-2H3,(H,18,19). The molecule has 0 saturated carbocycles. The Hall–Kier alpha value is -1.37. The van der Waals surface area contributed by atoms with Crippen molar-refractivity contribution in [3.8, 4) is 0 Å². The first kappa shape index (κ1) is 17.0. The lowest BCUT2D eigenvalue weighted by Gasteiger charge is -2.21. The van der Waals surface area contributed by atoms with Crippen LogP contribution in [0.2, 0.25) is 0 Å². The van der Waals surface area contributed by atoms with Gasteiger partial charge < -0.3 is 15.3 Å². The highest BCUT2D eigenvalue weighted by molar-refractivity contribution is 9.11. The van der Waals surface area contributed by atoms with Gasteiger partial charge in [0.2, 0.25) is 0 Å². The zero-order chi connectivity index (χ0) is 15.9. The molecule has 0 fully saturated rings. The number of hydrogen-bond donors (Lipinski definition) is 2. The lowest BCUT2D eigenvalue weighted by molar-refractivity contribution is 0.281. The van der Waals surface area contributed by atoms with Crippen LogP contribution in [0.25, 0.3) is 0 Å². The van der Waals surface area contributed by atoms with Gasteiger partial charge >= 0.3 is 0 Å². The third-order valence-corrected chi connectivity index (χ3v) is 4.83. The molecule has 0 aliphatic rings. The van der Waals surface area contributed by atoms with Crippen molar-refractivity contribution in [2.75, 3.05) is 14.1 Å². The summed E-state index contributed by atoms with van der Waals surface area (Å²) in [6.45, 7) is 1.56. The molecule has 0 radical (unpaired) electrons. The van der Waals surface area contributed by atoms with E-state index in [0.717, 1.165) is 27.4 Å². The minimum atomic E-state index is 0.0652. The van der Waals surface area contributed by atoms with Crippen molar-refractivity contribution in [2.24, 2.45) is 4.99 Å². The first-order chi connectivity index (χ1) is 10.6. The summed E-state index contributed by atoms with van der Waals surface area (Å²) in [7, 11) is 3.81. The third kappa shape index (κ3) is 4.83. The van der Waals surface area contributed by atoms with Crippen molar-refractivity contribution >= 4 is 33.2 Å². The van der Waals surface area contributed by atoms with E-state index in [1.54, 1.807) is 18.4 Å². The summed E-state index contributed by atoms with van der Waals surface area (Å²) in [5, 5.41) is 12.5. The van der Waals surface area contributed by atoms with Crippen molar-refractivity contribution in [2.45, 2.75) is 19.7 Å². The van der Waals surface area contributed by atoms with Crippen molar-refractivity contribution in [1.82, 2.24) is 10.2 Å². The first-order valence-corrected chi connectivity index (χ1v) is 8.58. The number of thiophene rings is 1. The van der Waals surface area contributed by atoms with Crippen molar-refractivity contribution < 1.29 is 5.11 Å². The Labute approximate surface area is 143 Å². The summed E-state index contributed by atoms with van der Waals surface area (Å²) in [5.41, 5.74) is 2.05. The van der Waals surface area contributed by atoms with E-state index in [1.165, 1.54) is 4.88 Å². The maximum absolute atomic E-state index is 9.18. The lowest BCUT2D eigenvalue weighted by Crippen LogP contribution is -2.37. The minimum absolute atomic E-state index is 0.0652. The van der Waals surface area contributed by atoms with Gasteiger partial charge in [0.15, 0.2) is 5.96 Å². The minimum Gasteiger partial charge on any atom is -0.392 e. The number of aliphatic hydroxyl groups excluding tert-OH is 1. The predicted molar refractivity (Wildman–Crippen MR) is 96.0 cm³/mol. The molecule has 0 unspecified atom stereocenters. The number of aliphatic hydroxyl groups is 1. The number of hydrogen-bond acceptors (Lipinski definition) is 3. The zero-order valence-electron chi connectivity index (χ0n) is 12.7. The average molecular weight is 382 g/mol. The predicted octanol–water partition coefficient (Wildman–Crippen LogP) is 3.21. The molecule has 0 amide bonds. The average Bonchev–Trinajstić information content (AvgIpc) is 2.93. The summed E-state index contributed by atoms with van der Waals surface area (Å²) in [6.07, 6.45) is 0. The highest BCUT2D eigenvalue weighted by Gasteiger charge is 2.08. The lowest BCUT2D eigenvalue weighted by atomic mass is 10.1. The maximum Gasteiger partial charge on any atom is 0.193 e. The number of aliphatic imine (C=N–C) groups is 1. The fourth-order valence-electron chi connectivity index (χ4n) is 2.15. The van der Waals surface area contributed by atoms with Gasteiger partial charge in [-0.15, -0.1) is 11.3 Å². The third-order valence-electron chi connectivity index (χ3n) is 3.22. The molecule has 6 heteroatoms. The molecule has 0 aliphatic carbocycles. The molecule has 2 rings (SSSR count). The largest absolute Gasteiger partial charge is 0.392 e. The van der Waals surface area contributed by atoms with Crippen LogP contribution in [0, 0.1) is 0 Å². The number of nitrogens with zero attached hydrogens (tertiary/aromatic N) is 2. The fourth-order valence-corrected chi connectivity index (χ4v) is 3.69. The Kier molecular flexibility index (Phi) is 6.42. The Bertz CT molecular complexity index is 642. The molecule has 0 aliphatic heterocycles. The van der Waals surface area contributed by atoms with E-state index < -0.39 is 0 Å². The number of rotatable bonds is 5. The van der Waals surface area contributed by atoms with Crippen LogP contribution >= 0.6 is 27.3 Å². The van der Waals surface area contributed by atoms with Crippen molar-refractivity contribution in [3.63, 3.8) is 0 Å². The van der Waals surface area contributed by atoms with Gasteiger partial charge in [0.1, 0.15) is 0 Å². The van der Waals surface area contributed by atoms with Gasteiger partial charge in [-0.2, -0.15) is 0 Å². The SMILES string of the molecule is CN=C(NCc1cccc(CO)c1)N(C)Cc1ccc(Br)s1. The van der Waals surface area contributed by atoms with Crippen molar-refractivity contribution in [3.05, 3.63) is 56.2 Å². The topological polar surface area (TPSA) is 47.9 Å². The molecule has 0 bridgehead atoms. The second-order valence-electron chi connectivity index (χ2n) is 4.94. The van der Waals surface area contributed by atoms with Crippen LogP contribution in [-0.2, 0) is 19.7 Å². The molecular formula is C16H20BrN3OS. The number of nitrogens with one attached hydrogen (secondary N) is 1. The molecule has 0 saturated heterocycles. The number of benzene rings is 1. The van der Waals surface area contributed by atoms with Crippen LogP contribution < -0.4 is 5.32 Å². The van der Waals surface area contributed by atoms with E-state index in [-0.39, 0.29) is 6.61 Å². The molecule has 4 nitrogen and oxygen atoms in total. The molecule has 0 spiro atoms. The summed E-state index contributed by atoms with van der Waals surface area (Å²) in [6, 6.07) is 12.1. The smallest absolute Gasteiger partial charge is 0.193 e. The van der Waals surface area contributed by atoms with Gasteiger partial charge in [0, 0.05) is 25.5 Å². The van der Waals surface area contributed by atoms with Crippen molar-refractivity contribution in [1.29, 1.82) is 0 Å². The van der Waals surface area contributed by atoms with E-state index >= 15 is 0 Å². The van der Waals surface area contributed by atoms with E-state index in [9.17, 15) is 5.11 Å². The Morgan fingerprint density at radius 2 is 2.09 bits per heavy atom. The molecule has 1 aromatic heterocycles. The van der Waals surface area contributed by atoms with E-state index in [4.69, 9.17) is 0 Å². The van der Waals surface area contributed by atoms with E-state index in [2.05, 4.69) is 43.3 Å². The molecule has 2 N–H and O–H groups in total. The number of halogens is 1. The first-order valence-electron chi connectivity index (χ1n) is 6.97. The Balaban J connectivity index is 1.93. The quantitative estimate of drug-likeness (QED) is 0.617. The molecule has 1 heterocycles. The van der Waals surface area contributed by atoms with Gasteiger partial charge in [0.05, 0.1) is 16.9 Å². The molecule has 0 atom stereocenters. The molecule has 1 aromatic carbocycles. The van der Waals surface area contributed by atoms with E-state index in [0.29, 0.717) is 6.54 Å². The Morgan fingerprint density at radius 3 is 2.73 bits per heavy atom. The van der Waals surface area contributed by atoms with Gasteiger partial charge in [-0.1, -0.05) is 24.3 Å². The highest BCUT2D eigenvalue weighted by Crippen LogP contribution is 2.22. The van der Waals surface area contributed by atoms with Crippen LogP contribution in [0.5, 0.6) is 0 Å². The van der Waals surface area contributed by atoms with Gasteiger partial charge in [0.25, 0.3) is 0 Å². The van der Waals surface area contributed by atoms with Gasteiger partial charge in [-0.25, -0.2) is 0 Å². The van der Waals surface area contributed by atoms with Crippen LogP contribution in [0.4, 0.5) is 0 Å².